The van der Waals surface area contributed by atoms with Gasteiger partial charge in [0.15, 0.2) is 0 Å². The Hall–Kier alpha value is -1.93. The fourth-order valence-corrected chi connectivity index (χ4v) is 2.93. The topological polar surface area (TPSA) is 104 Å². The average molecular weight is 356 g/mol. The van der Waals surface area contributed by atoms with E-state index >= 15 is 0 Å². The van der Waals surface area contributed by atoms with E-state index in [1.165, 1.54) is 38.4 Å². The summed E-state index contributed by atoms with van der Waals surface area (Å²) >= 11 is 0. The summed E-state index contributed by atoms with van der Waals surface area (Å²) in [4.78, 5) is 23.5. The van der Waals surface area contributed by atoms with Crippen LogP contribution < -0.4 is 5.32 Å². The molecule has 134 valence electrons. The number of hydrogen-bond donors (Lipinski definition) is 2. The summed E-state index contributed by atoms with van der Waals surface area (Å²) < 4.78 is 25.1. The van der Waals surface area contributed by atoms with E-state index in [1.54, 1.807) is 6.92 Å². The van der Waals surface area contributed by atoms with Crippen LogP contribution in [0.15, 0.2) is 29.2 Å². The lowest BCUT2D eigenvalue weighted by Gasteiger charge is -2.33. The third kappa shape index (κ3) is 4.55. The van der Waals surface area contributed by atoms with Crippen molar-refractivity contribution in [2.24, 2.45) is 5.92 Å². The van der Waals surface area contributed by atoms with Crippen molar-refractivity contribution >= 4 is 21.9 Å². The zero-order valence-electron chi connectivity index (χ0n) is 14.5. The second kappa shape index (κ2) is 7.31. The lowest BCUT2D eigenvalue weighted by atomic mass is 9.85. The van der Waals surface area contributed by atoms with E-state index in [0.717, 1.165) is 4.31 Å². The van der Waals surface area contributed by atoms with Gasteiger partial charge in [0.2, 0.25) is 10.0 Å². The minimum absolute atomic E-state index is 0.0845. The Morgan fingerprint density at radius 2 is 1.71 bits per heavy atom. The summed E-state index contributed by atoms with van der Waals surface area (Å²) in [5, 5.41) is 11.8. The highest BCUT2D eigenvalue weighted by molar-refractivity contribution is 7.89. The third-order valence-electron chi connectivity index (χ3n) is 4.09. The van der Waals surface area contributed by atoms with Crippen LogP contribution in [0.2, 0.25) is 0 Å². The van der Waals surface area contributed by atoms with Gasteiger partial charge < -0.3 is 10.4 Å². The molecule has 0 heterocycles. The Morgan fingerprint density at radius 3 is 2.08 bits per heavy atom. The van der Waals surface area contributed by atoms with Crippen molar-refractivity contribution in [1.29, 1.82) is 0 Å². The number of sulfonamides is 1. The number of amides is 1. The predicted octanol–water partition coefficient (Wildman–Crippen LogP) is 1.56. The molecule has 0 saturated carbocycles. The smallest absolute Gasteiger partial charge is 0.305 e. The van der Waals surface area contributed by atoms with Gasteiger partial charge in [0.1, 0.15) is 0 Å². The lowest BCUT2D eigenvalue weighted by molar-refractivity contribution is -0.138. The fourth-order valence-electron chi connectivity index (χ4n) is 2.03. The number of rotatable bonds is 7. The highest BCUT2D eigenvalue weighted by Crippen LogP contribution is 2.22. The zero-order chi connectivity index (χ0) is 18.7. The van der Waals surface area contributed by atoms with Gasteiger partial charge in [-0.1, -0.05) is 13.8 Å². The van der Waals surface area contributed by atoms with Crippen LogP contribution in [0.4, 0.5) is 0 Å². The van der Waals surface area contributed by atoms with Gasteiger partial charge in [-0.25, -0.2) is 12.7 Å². The fraction of sp³-hybridized carbons (Fsp3) is 0.500. The second-order valence-electron chi connectivity index (χ2n) is 6.41. The van der Waals surface area contributed by atoms with Crippen LogP contribution in [0.25, 0.3) is 0 Å². The van der Waals surface area contributed by atoms with E-state index in [2.05, 4.69) is 5.32 Å². The summed E-state index contributed by atoms with van der Waals surface area (Å²) in [6.07, 6.45) is -0.205. The van der Waals surface area contributed by atoms with Gasteiger partial charge in [-0.3, -0.25) is 9.59 Å². The Labute approximate surface area is 142 Å². The Kier molecular flexibility index (Phi) is 6.13. The molecule has 24 heavy (non-hydrogen) atoms. The average Bonchev–Trinajstić information content (AvgIpc) is 2.46. The van der Waals surface area contributed by atoms with Crippen molar-refractivity contribution in [3.8, 4) is 0 Å². The van der Waals surface area contributed by atoms with Crippen LogP contribution in [0.3, 0.4) is 0 Å². The number of nitrogens with zero attached hydrogens (tertiary/aromatic N) is 1. The van der Waals surface area contributed by atoms with E-state index in [0.29, 0.717) is 0 Å². The molecule has 7 nitrogen and oxygen atoms in total. The number of benzene rings is 1. The highest BCUT2D eigenvalue weighted by Gasteiger charge is 2.33. The van der Waals surface area contributed by atoms with Crippen LogP contribution in [0.1, 0.15) is 37.6 Å². The highest BCUT2D eigenvalue weighted by atomic mass is 32.2. The van der Waals surface area contributed by atoms with Crippen LogP contribution in [-0.4, -0.2) is 49.3 Å². The van der Waals surface area contributed by atoms with Crippen molar-refractivity contribution in [3.63, 3.8) is 0 Å². The molecule has 2 N–H and O–H groups in total. The molecule has 0 aromatic heterocycles. The molecule has 0 aliphatic rings. The predicted molar refractivity (Wildman–Crippen MR) is 90.3 cm³/mol. The molecule has 1 aromatic rings. The van der Waals surface area contributed by atoms with Crippen LogP contribution in [0.5, 0.6) is 0 Å². The first-order valence-electron chi connectivity index (χ1n) is 7.47. The number of nitrogens with one attached hydrogen (secondary N) is 1. The van der Waals surface area contributed by atoms with Crippen molar-refractivity contribution in [2.45, 2.75) is 37.6 Å². The standard InChI is InChI=1S/C16H24N2O5S/c1-11(2)16(3,10-14(19)20)17-15(21)12-6-8-13(9-7-12)24(22,23)18(4)5/h6-9,11H,10H2,1-5H3,(H,17,21)(H,19,20). The lowest BCUT2D eigenvalue weighted by Crippen LogP contribution is -2.51. The molecule has 0 fully saturated rings. The summed E-state index contributed by atoms with van der Waals surface area (Å²) in [5.74, 6) is -1.54. The van der Waals surface area contributed by atoms with Crippen molar-refractivity contribution in [3.05, 3.63) is 29.8 Å². The first-order chi connectivity index (χ1) is 10.9. The first-order valence-corrected chi connectivity index (χ1v) is 8.91. The molecular weight excluding hydrogens is 332 g/mol. The maximum atomic E-state index is 12.4. The molecule has 0 saturated heterocycles. The summed E-state index contributed by atoms with van der Waals surface area (Å²) in [7, 11) is -0.707. The van der Waals surface area contributed by atoms with Gasteiger partial charge >= 0.3 is 5.97 Å². The monoisotopic (exact) mass is 356 g/mol. The normalized spacial score (nSPS) is 14.5. The number of carboxylic acid groups (broad SMARTS) is 1. The minimum Gasteiger partial charge on any atom is -0.481 e. The Balaban J connectivity index is 3.02. The SMILES string of the molecule is CC(C)C(C)(CC(=O)O)NC(=O)c1ccc(S(=O)(=O)N(C)C)cc1. The molecule has 1 amide bonds. The van der Waals surface area contributed by atoms with Gasteiger partial charge in [0, 0.05) is 19.7 Å². The largest absolute Gasteiger partial charge is 0.481 e. The van der Waals surface area contributed by atoms with Gasteiger partial charge in [0.25, 0.3) is 5.91 Å². The Morgan fingerprint density at radius 1 is 1.21 bits per heavy atom. The molecule has 0 spiro atoms. The maximum absolute atomic E-state index is 12.4. The second-order valence-corrected chi connectivity index (χ2v) is 8.56. The third-order valence-corrected chi connectivity index (χ3v) is 5.92. The number of carbonyl (C=O) groups excluding carboxylic acids is 1. The van der Waals surface area contributed by atoms with Gasteiger partial charge in [-0.05, 0) is 37.1 Å². The number of carboxylic acids is 1. The summed E-state index contributed by atoms with van der Waals surface area (Å²) in [5.41, 5.74) is -0.637. The number of aliphatic carboxylic acids is 1. The van der Waals surface area contributed by atoms with Crippen LogP contribution in [0, 0.1) is 5.92 Å². The quantitative estimate of drug-likeness (QED) is 0.771. The van der Waals surface area contributed by atoms with Gasteiger partial charge in [-0.15, -0.1) is 0 Å². The van der Waals surface area contributed by atoms with E-state index in [1.807, 2.05) is 13.8 Å². The van der Waals surface area contributed by atoms with Crippen molar-refractivity contribution in [1.82, 2.24) is 9.62 Å². The molecule has 1 rings (SSSR count). The molecule has 1 unspecified atom stereocenters. The molecular formula is C16H24N2O5S. The van der Waals surface area contributed by atoms with Crippen molar-refractivity contribution < 1.29 is 23.1 Å². The van der Waals surface area contributed by atoms with Crippen LogP contribution in [-0.2, 0) is 14.8 Å². The molecule has 0 bridgehead atoms. The maximum Gasteiger partial charge on any atom is 0.305 e. The van der Waals surface area contributed by atoms with E-state index in [4.69, 9.17) is 5.11 Å². The molecule has 1 aromatic carbocycles. The molecule has 8 heteroatoms. The molecule has 1 atom stereocenters. The van der Waals surface area contributed by atoms with E-state index in [-0.39, 0.29) is 22.8 Å². The van der Waals surface area contributed by atoms with E-state index < -0.39 is 27.4 Å². The number of carbonyl (C=O) groups is 2. The van der Waals surface area contributed by atoms with Crippen LogP contribution >= 0.6 is 0 Å². The Bertz CT molecular complexity index is 710. The molecule has 0 aliphatic carbocycles. The zero-order valence-corrected chi connectivity index (χ0v) is 15.3. The van der Waals surface area contributed by atoms with Gasteiger partial charge in [0.05, 0.1) is 16.9 Å². The summed E-state index contributed by atoms with van der Waals surface area (Å²) in [6.45, 7) is 5.33. The molecule has 0 radical (unpaired) electrons. The van der Waals surface area contributed by atoms with E-state index in [9.17, 15) is 18.0 Å². The van der Waals surface area contributed by atoms with Crippen molar-refractivity contribution in [2.75, 3.05) is 14.1 Å². The first kappa shape index (κ1) is 20.1. The van der Waals surface area contributed by atoms with Gasteiger partial charge in [-0.2, -0.15) is 0 Å². The minimum atomic E-state index is -3.56. The summed E-state index contributed by atoms with van der Waals surface area (Å²) in [6, 6.07) is 5.53. The number of hydrogen-bond acceptors (Lipinski definition) is 4. The molecule has 0 aliphatic heterocycles.